The fourth-order valence-electron chi connectivity index (χ4n) is 3.51. The maximum atomic E-state index is 13.3. The number of carbonyl (C=O) groups excluding carboxylic acids is 1. The van der Waals surface area contributed by atoms with Gasteiger partial charge >= 0.3 is 6.18 Å². The topological polar surface area (TPSA) is 75.7 Å². The molecule has 0 saturated carbocycles. The average molecular weight is 507 g/mol. The Morgan fingerprint density at radius 1 is 1.21 bits per heavy atom. The van der Waals surface area contributed by atoms with Gasteiger partial charge in [0, 0.05) is 0 Å². The summed E-state index contributed by atoms with van der Waals surface area (Å²) in [5.41, 5.74) is 0.135. The van der Waals surface area contributed by atoms with E-state index in [4.69, 9.17) is 16.3 Å². The summed E-state index contributed by atoms with van der Waals surface area (Å²) < 4.78 is 70.8. The quantitative estimate of drug-likeness (QED) is 0.540. The molecule has 0 fully saturated rings. The van der Waals surface area contributed by atoms with E-state index >= 15 is 0 Å². The number of carbonyl (C=O) groups is 1. The Morgan fingerprint density at radius 3 is 2.33 bits per heavy atom. The van der Waals surface area contributed by atoms with E-state index in [1.807, 2.05) is 19.9 Å². The minimum Gasteiger partial charge on any atom is -0.496 e. The number of ether oxygens (including phenoxy) is 1. The molecule has 0 radical (unpaired) electrons. The zero-order valence-electron chi connectivity index (χ0n) is 18.8. The molecule has 0 saturated heterocycles. The Labute approximate surface area is 196 Å². The summed E-state index contributed by atoms with van der Waals surface area (Å²) >= 11 is 5.66. The number of rotatable bonds is 8. The summed E-state index contributed by atoms with van der Waals surface area (Å²) in [6.07, 6.45) is -3.47. The van der Waals surface area contributed by atoms with Crippen LogP contribution in [-0.4, -0.2) is 33.7 Å². The summed E-state index contributed by atoms with van der Waals surface area (Å²) in [5, 5.41) is 2.22. The third-order valence-electron chi connectivity index (χ3n) is 5.14. The van der Waals surface area contributed by atoms with Crippen LogP contribution in [0.1, 0.15) is 43.0 Å². The van der Waals surface area contributed by atoms with Crippen molar-refractivity contribution in [2.24, 2.45) is 0 Å². The van der Waals surface area contributed by atoms with Crippen LogP contribution in [-0.2, 0) is 21.0 Å². The van der Waals surface area contributed by atoms with Crippen LogP contribution >= 0.6 is 11.6 Å². The summed E-state index contributed by atoms with van der Waals surface area (Å²) in [5.74, 6) is 0.0176. The van der Waals surface area contributed by atoms with Crippen LogP contribution < -0.4 is 14.4 Å². The molecule has 0 aliphatic heterocycles. The Kier molecular flexibility index (Phi) is 8.29. The first-order chi connectivity index (χ1) is 15.2. The standard InChI is InChI=1S/C22H26ClF3N2O4S/c1-6-19(15-7-10-20(32-4)13(2)11-15)27-21(29)14(3)28(33(5,30)31)16-8-9-18(23)17(12-16)22(24,25)26/h7-12,14,19H,6H2,1-5H3,(H,27,29)/t14-,19+/m1/s1. The monoisotopic (exact) mass is 506 g/mol. The lowest BCUT2D eigenvalue weighted by molar-refractivity contribution is -0.137. The van der Waals surface area contributed by atoms with E-state index in [0.717, 1.165) is 29.5 Å². The smallest absolute Gasteiger partial charge is 0.417 e. The Bertz CT molecular complexity index is 1120. The summed E-state index contributed by atoms with van der Waals surface area (Å²) in [6, 6.07) is 6.34. The van der Waals surface area contributed by atoms with Crippen molar-refractivity contribution in [3.8, 4) is 5.75 Å². The molecular weight excluding hydrogens is 481 g/mol. The number of hydrogen-bond donors (Lipinski definition) is 1. The highest BCUT2D eigenvalue weighted by Crippen LogP contribution is 2.38. The first-order valence-electron chi connectivity index (χ1n) is 10.0. The van der Waals surface area contributed by atoms with E-state index in [-0.39, 0.29) is 5.69 Å². The fourth-order valence-corrected chi connectivity index (χ4v) is 4.90. The average Bonchev–Trinajstić information content (AvgIpc) is 2.71. The van der Waals surface area contributed by atoms with Gasteiger partial charge in [-0.2, -0.15) is 13.2 Å². The van der Waals surface area contributed by atoms with Crippen molar-refractivity contribution in [1.82, 2.24) is 5.32 Å². The van der Waals surface area contributed by atoms with Crippen LogP contribution in [0.3, 0.4) is 0 Å². The van der Waals surface area contributed by atoms with Crippen molar-refractivity contribution in [2.75, 3.05) is 17.7 Å². The van der Waals surface area contributed by atoms with Crippen molar-refractivity contribution in [3.05, 3.63) is 58.1 Å². The Morgan fingerprint density at radius 2 is 1.85 bits per heavy atom. The van der Waals surface area contributed by atoms with Crippen LogP contribution in [0, 0.1) is 6.92 Å². The van der Waals surface area contributed by atoms with Crippen molar-refractivity contribution in [3.63, 3.8) is 0 Å². The fraction of sp³-hybridized carbons (Fsp3) is 0.409. The second kappa shape index (κ2) is 10.2. The number of nitrogens with one attached hydrogen (secondary N) is 1. The number of anilines is 1. The van der Waals surface area contributed by atoms with Gasteiger partial charge in [-0.25, -0.2) is 8.42 Å². The van der Waals surface area contributed by atoms with Crippen molar-refractivity contribution in [1.29, 1.82) is 0 Å². The van der Waals surface area contributed by atoms with E-state index in [0.29, 0.717) is 22.5 Å². The molecule has 0 spiro atoms. The lowest BCUT2D eigenvalue weighted by atomic mass is 10.0. The number of sulfonamides is 1. The van der Waals surface area contributed by atoms with Gasteiger partial charge < -0.3 is 10.1 Å². The second-order valence-corrected chi connectivity index (χ2v) is 9.86. The minimum atomic E-state index is -4.79. The maximum Gasteiger partial charge on any atom is 0.417 e. The van der Waals surface area contributed by atoms with E-state index in [1.54, 1.807) is 19.2 Å². The first-order valence-corrected chi connectivity index (χ1v) is 12.2. The molecule has 0 bridgehead atoms. The SMILES string of the molecule is CC[C@H](NC(=O)[C@@H](C)N(c1ccc(Cl)c(C(F)(F)F)c1)S(C)(=O)=O)c1ccc(OC)c(C)c1. The second-order valence-electron chi connectivity index (χ2n) is 7.60. The van der Waals surface area contributed by atoms with Crippen LogP contribution in [0.15, 0.2) is 36.4 Å². The summed E-state index contributed by atoms with van der Waals surface area (Å²) in [7, 11) is -2.57. The highest BCUT2D eigenvalue weighted by molar-refractivity contribution is 7.92. The number of aryl methyl sites for hydroxylation is 1. The zero-order valence-corrected chi connectivity index (χ0v) is 20.4. The van der Waals surface area contributed by atoms with Gasteiger partial charge in [0.25, 0.3) is 0 Å². The van der Waals surface area contributed by atoms with Crippen LogP contribution in [0.4, 0.5) is 18.9 Å². The van der Waals surface area contributed by atoms with Crippen molar-refractivity contribution >= 4 is 33.2 Å². The van der Waals surface area contributed by atoms with Crippen molar-refractivity contribution in [2.45, 2.75) is 45.5 Å². The van der Waals surface area contributed by atoms with Crippen LogP contribution in [0.25, 0.3) is 0 Å². The molecule has 0 aromatic heterocycles. The van der Waals surface area contributed by atoms with Gasteiger partial charge in [-0.05, 0) is 55.7 Å². The van der Waals surface area contributed by atoms with Crippen LogP contribution in [0.5, 0.6) is 5.75 Å². The number of benzene rings is 2. The molecule has 0 aliphatic rings. The van der Waals surface area contributed by atoms with Crippen LogP contribution in [0.2, 0.25) is 5.02 Å². The van der Waals surface area contributed by atoms with Gasteiger partial charge in [0.2, 0.25) is 15.9 Å². The van der Waals surface area contributed by atoms with Gasteiger partial charge in [0.05, 0.1) is 35.7 Å². The largest absolute Gasteiger partial charge is 0.496 e. The number of hydrogen-bond acceptors (Lipinski definition) is 4. The minimum absolute atomic E-state index is 0.315. The third kappa shape index (κ3) is 6.32. The number of amides is 1. The normalized spacial score (nSPS) is 13.8. The maximum absolute atomic E-state index is 13.3. The summed E-state index contributed by atoms with van der Waals surface area (Å²) in [4.78, 5) is 13.0. The van der Waals surface area contributed by atoms with Gasteiger partial charge in [-0.1, -0.05) is 30.7 Å². The van der Waals surface area contributed by atoms with Crippen molar-refractivity contribution < 1.29 is 31.1 Å². The molecule has 0 heterocycles. The first kappa shape index (κ1) is 26.8. The predicted molar refractivity (Wildman–Crippen MR) is 122 cm³/mol. The van der Waals surface area contributed by atoms with Gasteiger partial charge in [-0.3, -0.25) is 9.10 Å². The van der Waals surface area contributed by atoms with E-state index < -0.39 is 44.8 Å². The molecule has 2 aromatic rings. The summed E-state index contributed by atoms with van der Waals surface area (Å²) in [6.45, 7) is 5.01. The molecule has 1 amide bonds. The molecule has 182 valence electrons. The predicted octanol–water partition coefficient (Wildman–Crippen LogP) is 5.10. The molecular formula is C22H26ClF3N2O4S. The molecule has 0 aliphatic carbocycles. The zero-order chi connectivity index (χ0) is 25.1. The molecule has 2 rings (SSSR count). The Hall–Kier alpha value is -2.46. The molecule has 11 heteroatoms. The van der Waals surface area contributed by atoms with E-state index in [2.05, 4.69) is 5.32 Å². The number of nitrogens with zero attached hydrogens (tertiary/aromatic N) is 1. The highest BCUT2D eigenvalue weighted by atomic mass is 35.5. The molecule has 33 heavy (non-hydrogen) atoms. The van der Waals surface area contributed by atoms with Gasteiger partial charge in [0.15, 0.2) is 0 Å². The highest BCUT2D eigenvalue weighted by Gasteiger charge is 2.36. The van der Waals surface area contributed by atoms with Gasteiger partial charge in [0.1, 0.15) is 11.8 Å². The molecule has 6 nitrogen and oxygen atoms in total. The van der Waals surface area contributed by atoms with Gasteiger partial charge in [-0.15, -0.1) is 0 Å². The Balaban J connectivity index is 2.39. The lowest BCUT2D eigenvalue weighted by Crippen LogP contribution is -2.48. The lowest BCUT2D eigenvalue weighted by Gasteiger charge is -2.30. The molecule has 2 atom stereocenters. The number of alkyl halides is 3. The molecule has 1 N–H and O–H groups in total. The molecule has 0 unspecified atom stereocenters. The number of methoxy groups -OCH3 is 1. The van der Waals surface area contributed by atoms with E-state index in [9.17, 15) is 26.4 Å². The number of halogens is 4. The van der Waals surface area contributed by atoms with E-state index in [1.165, 1.54) is 6.92 Å². The third-order valence-corrected chi connectivity index (χ3v) is 6.72. The molecule has 2 aromatic carbocycles.